The first-order valence-corrected chi connectivity index (χ1v) is 23.7. The quantitative estimate of drug-likeness (QED) is 0.0342. The molecule has 0 atom stereocenters. The number of anilines is 2. The summed E-state index contributed by atoms with van der Waals surface area (Å²) in [6.45, 7) is 1.26. The van der Waals surface area contributed by atoms with Crippen LogP contribution in [0.1, 0.15) is 18.1 Å². The zero-order valence-corrected chi connectivity index (χ0v) is 44.7. The number of aromatic hydroxyl groups is 1. The van der Waals surface area contributed by atoms with Crippen molar-refractivity contribution in [2.24, 2.45) is 30.7 Å². The van der Waals surface area contributed by atoms with Crippen LogP contribution < -0.4 is 87.2 Å². The number of azo groups is 3. The predicted molar refractivity (Wildman–Crippen MR) is 242 cm³/mol. The Morgan fingerprint density at radius 2 is 0.943 bits per heavy atom. The number of nitrogens with zero attached hydrogens (tertiary/aromatic N) is 6. The fourth-order valence-corrected chi connectivity index (χ4v) is 8.63. The number of nitrogen functional groups attached to an aromatic ring is 1. The Morgan fingerprint density at radius 1 is 0.571 bits per heavy atom. The molecule has 1 amide bonds. The van der Waals surface area contributed by atoms with Gasteiger partial charge in [-0.05, 0) is 101 Å². The molecule has 6 aromatic rings. The normalized spacial score (nSPS) is 12.1. The number of phenols is 1. The van der Waals surface area contributed by atoms with Crippen molar-refractivity contribution in [3.63, 3.8) is 0 Å². The van der Waals surface area contributed by atoms with E-state index in [-0.39, 0.29) is 99.8 Å². The monoisotopic (exact) mass is 1060 g/mol. The number of benzene rings is 6. The van der Waals surface area contributed by atoms with Gasteiger partial charge in [0, 0.05) is 12.6 Å². The minimum Gasteiger partial charge on any atom is -0.744 e. The number of ether oxygens (including phenoxy) is 1. The van der Waals surface area contributed by atoms with Crippen molar-refractivity contribution in [3.8, 4) is 11.5 Å². The zero-order valence-electron chi connectivity index (χ0n) is 37.4. The van der Waals surface area contributed by atoms with E-state index < -0.39 is 99.3 Å². The second kappa shape index (κ2) is 24.1. The van der Waals surface area contributed by atoms with E-state index in [2.05, 4.69) is 36.0 Å². The van der Waals surface area contributed by atoms with E-state index in [1.807, 2.05) is 0 Å². The molecule has 0 spiro atoms. The van der Waals surface area contributed by atoms with Crippen LogP contribution in [0.25, 0.3) is 22.9 Å². The van der Waals surface area contributed by atoms with Crippen molar-refractivity contribution in [3.05, 3.63) is 108 Å². The topological polar surface area (TPSA) is 461 Å². The third-order valence-corrected chi connectivity index (χ3v) is 12.4. The number of amides is 1. The molecule has 0 aliphatic rings. The third-order valence-electron chi connectivity index (χ3n) is 8.90. The van der Waals surface area contributed by atoms with Crippen molar-refractivity contribution in [1.82, 2.24) is 12.3 Å². The fraction of sp³-hybridized carbons (Fsp3) is 0.0513. The Labute approximate surface area is 443 Å². The van der Waals surface area contributed by atoms with Crippen molar-refractivity contribution in [2.45, 2.75) is 26.5 Å². The molecule has 25 nitrogen and oxygen atoms in total. The number of carbonyl (C=O) groups is 1. The first kappa shape index (κ1) is 60.7. The van der Waals surface area contributed by atoms with Gasteiger partial charge >= 0.3 is 59.1 Å². The molecule has 12 N–H and O–H groups in total. The molecule has 6 rings (SSSR count). The molecule has 0 radical (unpaired) electrons. The number of quaternary nitrogens is 2. The van der Waals surface area contributed by atoms with Crippen LogP contribution in [-0.4, -0.2) is 70.0 Å². The molecular formula is C39H36N10Na2O15S4. The number of carbonyl (C=O) groups excluding carboxylic acids is 1. The second-order valence-electron chi connectivity index (χ2n) is 13.4. The SMILES string of the molecule is COc1ccc(N=Nc2ccc(/C=C/c3ccc(N=Nc4c(S(=O)(=O)[O-])cc5cc(S(=O)(=O)[O-])c(N=Nc6ccc(NC(C)=O)cc6)c(O)c5c4N)cc3S(=O)(=O)[O-])c(S(=O)(=O)[O-])c2)cc1.[NH4+].[NH4+].[Na+].[Na+]. The van der Waals surface area contributed by atoms with E-state index in [1.165, 1.54) is 50.4 Å². The van der Waals surface area contributed by atoms with Gasteiger partial charge in [-0.1, -0.05) is 24.3 Å². The molecular weight excluding hydrogens is 1020 g/mol. The van der Waals surface area contributed by atoms with E-state index in [4.69, 9.17) is 10.5 Å². The van der Waals surface area contributed by atoms with Crippen molar-refractivity contribution in [2.75, 3.05) is 18.2 Å². The van der Waals surface area contributed by atoms with E-state index in [9.17, 15) is 61.8 Å². The molecule has 0 bridgehead atoms. The van der Waals surface area contributed by atoms with Crippen LogP contribution in [0.4, 0.5) is 45.5 Å². The molecule has 0 aliphatic carbocycles. The number of hydrogen-bond acceptors (Lipinski definition) is 22. The van der Waals surface area contributed by atoms with Gasteiger partial charge in [-0.25, -0.2) is 33.7 Å². The largest absolute Gasteiger partial charge is 1.00 e. The van der Waals surface area contributed by atoms with Crippen LogP contribution in [0, 0.1) is 0 Å². The fourth-order valence-electron chi connectivity index (χ4n) is 5.95. The maximum atomic E-state index is 12.5. The Morgan fingerprint density at radius 3 is 1.37 bits per heavy atom. The Balaban J connectivity index is 0.00000420. The van der Waals surface area contributed by atoms with Crippen molar-refractivity contribution < 1.29 is 126 Å². The number of fused-ring (bicyclic) bond motifs is 1. The molecule has 0 saturated carbocycles. The number of methoxy groups -OCH3 is 1. The third kappa shape index (κ3) is 14.8. The summed E-state index contributed by atoms with van der Waals surface area (Å²) in [7, 11) is -20.2. The maximum Gasteiger partial charge on any atom is 1.00 e. The molecule has 0 unspecified atom stereocenters. The number of nitrogens with two attached hydrogens (primary N) is 1. The van der Waals surface area contributed by atoms with Gasteiger partial charge in [-0.15, -0.1) is 10.2 Å². The van der Waals surface area contributed by atoms with Gasteiger partial charge in [0.1, 0.15) is 57.6 Å². The van der Waals surface area contributed by atoms with Crippen LogP contribution in [0.5, 0.6) is 11.5 Å². The summed E-state index contributed by atoms with van der Waals surface area (Å²) in [6.07, 6.45) is 2.02. The van der Waals surface area contributed by atoms with Crippen LogP contribution >= 0.6 is 0 Å². The molecule has 6 aromatic carbocycles. The van der Waals surface area contributed by atoms with Crippen LogP contribution in [0.3, 0.4) is 0 Å². The smallest absolute Gasteiger partial charge is 0.744 e. The molecule has 358 valence electrons. The van der Waals surface area contributed by atoms with E-state index in [1.54, 1.807) is 24.3 Å². The van der Waals surface area contributed by atoms with Gasteiger partial charge in [-0.3, -0.25) is 4.79 Å². The standard InChI is InChI=1S/C39H32N8O15S4.2H3N.2Na/c1-21(48)41-25-9-11-26(12-10-25)43-47-38-34(66(59,60)61)18-24-17-33(65(56,57)58)37(36(40)35(24)39(38)49)46-45-29-8-6-23(32(20-29)64(53,54)55)4-3-22-5-7-28(19-31(22)63(50,51)52)44-42-27-13-15-30(62-2)16-14-27;;;;/h3-20,49H,40H2,1-2H3,(H,41,48)(H,50,51,52)(H,53,54,55)(H,56,57,58)(H,59,60,61);2*1H3;;/q;;;2*+1/p-2/b4-3+,44-42?,46-45?,47-43?;;;;. The summed E-state index contributed by atoms with van der Waals surface area (Å²) in [5.41, 5.74) is 3.10. The average Bonchev–Trinajstić information content (AvgIpc) is 3.23. The summed E-state index contributed by atoms with van der Waals surface area (Å²) in [4.78, 5) is 7.14. The Bertz CT molecular complexity index is 3550. The summed E-state index contributed by atoms with van der Waals surface area (Å²) in [5.74, 6) is -0.979. The predicted octanol–water partition coefficient (Wildman–Crippen LogP) is 1.89. The molecule has 0 saturated heterocycles. The van der Waals surface area contributed by atoms with Crippen LogP contribution in [0.15, 0.2) is 147 Å². The summed E-state index contributed by atoms with van der Waals surface area (Å²) in [6, 6.07) is 19.1. The van der Waals surface area contributed by atoms with Gasteiger partial charge in [-0.2, -0.15) is 20.5 Å². The van der Waals surface area contributed by atoms with Gasteiger partial charge in [0.05, 0.1) is 60.5 Å². The van der Waals surface area contributed by atoms with E-state index in [0.717, 1.165) is 30.4 Å². The van der Waals surface area contributed by atoms with E-state index >= 15 is 0 Å². The van der Waals surface area contributed by atoms with Crippen molar-refractivity contribution in [1.29, 1.82) is 0 Å². The first-order chi connectivity index (χ1) is 30.8. The molecule has 0 fully saturated rings. The molecule has 0 heterocycles. The summed E-state index contributed by atoms with van der Waals surface area (Å²) >= 11 is 0. The average molecular weight is 1060 g/mol. The van der Waals surface area contributed by atoms with E-state index in [0.29, 0.717) is 35.3 Å². The number of phenolic OH excluding ortho intramolecular Hbond substituents is 1. The van der Waals surface area contributed by atoms with Gasteiger partial charge in [0.25, 0.3) is 0 Å². The number of nitrogens with one attached hydrogen (secondary N) is 1. The maximum absolute atomic E-state index is 12.5. The molecule has 70 heavy (non-hydrogen) atoms. The summed E-state index contributed by atoms with van der Waals surface area (Å²) < 4.78 is 153. The summed E-state index contributed by atoms with van der Waals surface area (Å²) in [5, 5.41) is 35.5. The van der Waals surface area contributed by atoms with Gasteiger partial charge in [0.15, 0.2) is 5.75 Å². The van der Waals surface area contributed by atoms with Gasteiger partial charge < -0.3 is 51.4 Å². The molecule has 31 heteroatoms. The zero-order chi connectivity index (χ0) is 48.4. The molecule has 0 aliphatic heterocycles. The van der Waals surface area contributed by atoms with Crippen molar-refractivity contribution >= 4 is 115 Å². The number of rotatable bonds is 14. The van der Waals surface area contributed by atoms with Crippen LogP contribution in [0.2, 0.25) is 0 Å². The minimum atomic E-state index is -5.58. The Kier molecular flexibility index (Phi) is 20.9. The minimum absolute atomic E-state index is 0. The first-order valence-electron chi connectivity index (χ1n) is 18.0. The van der Waals surface area contributed by atoms with Crippen LogP contribution in [-0.2, 0) is 45.3 Å². The Hall–Kier alpha value is -5.45. The second-order valence-corrected chi connectivity index (χ2v) is 18.8. The van der Waals surface area contributed by atoms with Gasteiger partial charge in [0.2, 0.25) is 5.91 Å². The number of hydrogen-bond donors (Lipinski definition) is 5. The molecule has 0 aromatic heterocycles.